The lowest BCUT2D eigenvalue weighted by molar-refractivity contribution is -0.316. The molecule has 1 N–H and O–H groups in total. The van der Waals surface area contributed by atoms with Crippen molar-refractivity contribution in [1.82, 2.24) is 9.80 Å². The van der Waals surface area contributed by atoms with Crippen LogP contribution in [0.25, 0.3) is 6.08 Å². The molecule has 14 nitrogen and oxygen atoms in total. The Balaban J connectivity index is 1.51. The molecule has 14 heteroatoms. The topological polar surface area (TPSA) is 147 Å². The molecule has 18 atom stereocenters. The van der Waals surface area contributed by atoms with Gasteiger partial charge in [0.25, 0.3) is 0 Å². The molecule has 0 radical (unpaired) electrons. The number of methoxy groups -OCH3 is 1. The lowest BCUT2D eigenvalue weighted by atomic mass is 9.73. The zero-order valence-corrected chi connectivity index (χ0v) is 40.6. The number of likely N-dealkylation sites (N-methyl/N-ethyl adjacent to an activating group) is 1. The highest BCUT2D eigenvalue weighted by Gasteiger charge is 2.60. The zero-order chi connectivity index (χ0) is 46.9. The summed E-state index contributed by atoms with van der Waals surface area (Å²) in [6.07, 6.45) is 0.397. The second kappa shape index (κ2) is 20.3. The Morgan fingerprint density at radius 2 is 1.67 bits per heavy atom. The summed E-state index contributed by atoms with van der Waals surface area (Å²) in [7, 11) is 5.58. The molecule has 1 aromatic rings. The monoisotopic (exact) mass is 896 g/mol. The van der Waals surface area contributed by atoms with Gasteiger partial charge < -0.3 is 47.9 Å². The number of hydrogen-bond acceptors (Lipinski definition) is 13. The van der Waals surface area contributed by atoms with Gasteiger partial charge in [0.1, 0.15) is 6.10 Å². The molecule has 1 amide bonds. The highest BCUT2D eigenvalue weighted by molar-refractivity contribution is 5.91. The quantitative estimate of drug-likeness (QED) is 0.182. The van der Waals surface area contributed by atoms with Crippen molar-refractivity contribution in [3.63, 3.8) is 0 Å². The molecule has 0 aliphatic carbocycles. The molecule has 0 aromatic heterocycles. The molecule has 5 heterocycles. The Hall–Kier alpha value is -3.21. The summed E-state index contributed by atoms with van der Waals surface area (Å²) in [5.74, 6) is -2.60. The average molecular weight is 896 g/mol. The Kier molecular flexibility index (Phi) is 16.0. The van der Waals surface area contributed by atoms with Crippen LogP contribution < -0.4 is 0 Å². The van der Waals surface area contributed by atoms with E-state index in [1.165, 1.54) is 0 Å². The van der Waals surface area contributed by atoms with Gasteiger partial charge in [-0.25, -0.2) is 4.79 Å². The molecular weight excluding hydrogens is 819 g/mol. The van der Waals surface area contributed by atoms with E-state index in [0.717, 1.165) is 11.3 Å². The maximum Gasteiger partial charge on any atom is 0.411 e. The molecular formula is C50H77N3O11. The fraction of sp³-hybridized carbons (Fsp3) is 0.740. The predicted molar refractivity (Wildman–Crippen MR) is 245 cm³/mol. The summed E-state index contributed by atoms with van der Waals surface area (Å²) < 4.78 is 53.4. The van der Waals surface area contributed by atoms with Crippen molar-refractivity contribution in [3.8, 4) is 0 Å². The molecule has 5 aliphatic heterocycles. The third kappa shape index (κ3) is 10.2. The number of ether oxygens (including phenoxy) is 8. The summed E-state index contributed by atoms with van der Waals surface area (Å²) in [5.41, 5.74) is -1.09. The Labute approximate surface area is 382 Å². The normalized spacial score (nSPS) is 43.6. The van der Waals surface area contributed by atoms with Gasteiger partial charge in [-0.2, -0.15) is 0 Å². The highest BCUT2D eigenvalue weighted by atomic mass is 16.7. The lowest BCUT2D eigenvalue weighted by Gasteiger charge is -2.50. The number of aliphatic imine (C=N–C) groups is 1. The maximum atomic E-state index is 14.9. The van der Waals surface area contributed by atoms with Gasteiger partial charge in [0.15, 0.2) is 24.3 Å². The van der Waals surface area contributed by atoms with Gasteiger partial charge in [-0.1, -0.05) is 76.8 Å². The van der Waals surface area contributed by atoms with E-state index >= 15 is 0 Å². The molecule has 64 heavy (non-hydrogen) atoms. The van der Waals surface area contributed by atoms with Crippen LogP contribution in [0.3, 0.4) is 0 Å². The molecule has 2 unspecified atom stereocenters. The summed E-state index contributed by atoms with van der Waals surface area (Å²) >= 11 is 0. The van der Waals surface area contributed by atoms with Crippen LogP contribution in [0, 0.1) is 29.6 Å². The third-order valence-electron chi connectivity index (χ3n) is 15.3. The number of hydrogen-bond donors (Lipinski definition) is 1. The molecule has 0 spiro atoms. The first kappa shape index (κ1) is 50.2. The summed E-state index contributed by atoms with van der Waals surface area (Å²) in [6.45, 7) is 25.0. The van der Waals surface area contributed by atoms with Crippen molar-refractivity contribution >= 4 is 23.9 Å². The van der Waals surface area contributed by atoms with Crippen molar-refractivity contribution in [2.24, 2.45) is 34.6 Å². The highest BCUT2D eigenvalue weighted by Crippen LogP contribution is 2.46. The zero-order valence-electron chi connectivity index (χ0n) is 40.6. The summed E-state index contributed by atoms with van der Waals surface area (Å²) in [4.78, 5) is 37.5. The minimum atomic E-state index is -1.29. The first-order chi connectivity index (χ1) is 30.2. The minimum Gasteiger partial charge on any atom is -0.453 e. The molecule has 5 aliphatic rings. The molecule has 358 valence electrons. The van der Waals surface area contributed by atoms with Gasteiger partial charge in [-0.05, 0) is 86.0 Å². The average Bonchev–Trinajstić information content (AvgIpc) is 3.38. The second-order valence-corrected chi connectivity index (χ2v) is 20.1. The number of aliphatic hydroxyl groups excluding tert-OH is 1. The first-order valence-corrected chi connectivity index (χ1v) is 23.4. The van der Waals surface area contributed by atoms with E-state index in [0.29, 0.717) is 32.4 Å². The molecule has 6 rings (SSSR count). The number of benzene rings is 1. The summed E-state index contributed by atoms with van der Waals surface area (Å²) in [6, 6.07) is 9.24. The second-order valence-electron chi connectivity index (χ2n) is 20.1. The number of cyclic esters (lactones) is 1. The van der Waals surface area contributed by atoms with Gasteiger partial charge in [-0.3, -0.25) is 14.7 Å². The first-order valence-electron chi connectivity index (χ1n) is 23.4. The number of aliphatic hydroxyl groups is 1. The van der Waals surface area contributed by atoms with E-state index in [9.17, 15) is 14.7 Å². The number of fused-ring (bicyclic) bond motifs is 1. The van der Waals surface area contributed by atoms with Gasteiger partial charge in [0, 0.05) is 49.6 Å². The fourth-order valence-corrected chi connectivity index (χ4v) is 11.3. The van der Waals surface area contributed by atoms with Crippen LogP contribution in [-0.4, -0.2) is 152 Å². The van der Waals surface area contributed by atoms with Crippen LogP contribution in [0.1, 0.15) is 94.1 Å². The number of carbonyl (C=O) groups excluding carboxylic acids is 2. The lowest BCUT2D eigenvalue weighted by Crippen LogP contribution is -2.61. The largest absolute Gasteiger partial charge is 0.453 e. The van der Waals surface area contributed by atoms with Crippen LogP contribution in [0.2, 0.25) is 0 Å². The van der Waals surface area contributed by atoms with Crippen LogP contribution in [0.4, 0.5) is 4.79 Å². The number of carbonyl (C=O) groups is 2. The summed E-state index contributed by atoms with van der Waals surface area (Å²) in [5, 5.41) is 12.0. The number of nitrogens with zero attached hydrogens (tertiary/aromatic N) is 3. The van der Waals surface area contributed by atoms with E-state index in [2.05, 4.69) is 34.3 Å². The number of esters is 1. The number of rotatable bonds is 11. The standard InChI is InChI=1S/C50H77N3O11/c1-15-38-50(11)43-31(4)40(51-23-24-53(43)47(56)64-50)29(2)27-49(10,58-25-19-22-36-20-17-16-18-21-36)44(63-46-41(54)37(52(12)13)26-30(3)59-46)32(5)42(33(6)45(55)61-38)62-39-28-48(9,57-14)34(7)35(8)60-39/h15-22,29-35,37-39,41-44,46,54H,1,23-28H2,2-14H3/b22-19+/t29-,30+,31+,32+,33-,34+,35+,37-,38?,39+,41+,42+,43-,44-,46?,48-,49+,50-/m1/s1. The van der Waals surface area contributed by atoms with Crippen LogP contribution >= 0.6 is 0 Å². The predicted octanol–water partition coefficient (Wildman–Crippen LogP) is 6.93. The molecule has 4 fully saturated rings. The Morgan fingerprint density at radius 1 is 0.969 bits per heavy atom. The van der Waals surface area contributed by atoms with Crippen LogP contribution in [0.5, 0.6) is 0 Å². The molecule has 4 saturated heterocycles. The smallest absolute Gasteiger partial charge is 0.411 e. The minimum absolute atomic E-state index is 0.0487. The van der Waals surface area contributed by atoms with Gasteiger partial charge >= 0.3 is 12.1 Å². The van der Waals surface area contributed by atoms with Crippen molar-refractivity contribution < 1.29 is 52.6 Å². The van der Waals surface area contributed by atoms with Gasteiger partial charge in [0.2, 0.25) is 0 Å². The van der Waals surface area contributed by atoms with Crippen LogP contribution in [-0.2, 0) is 42.7 Å². The van der Waals surface area contributed by atoms with E-state index in [1.807, 2.05) is 96.1 Å². The maximum absolute atomic E-state index is 14.9. The SMILES string of the molecule is C=CC1OC(=O)[C@H](C)[C@@H](O[C@H]2C[C@@](C)(OC)[C@@H](C)[C@H](C)O2)[C@H](C)[C@@H](OC2O[C@@H](C)C[C@@H](N(C)C)[C@@H]2O)[C@@](C)(OC/C=C/c2ccccc2)C[C@@H](C)C2=NCCN3C(=O)O[C@@]1(C)[C@H]3[C@H]2C. The van der Waals surface area contributed by atoms with Crippen molar-refractivity contribution in [2.75, 3.05) is 40.9 Å². The molecule has 0 saturated carbocycles. The fourth-order valence-electron chi connectivity index (χ4n) is 11.3. The molecule has 1 aromatic carbocycles. The van der Waals surface area contributed by atoms with Crippen molar-refractivity contribution in [1.29, 1.82) is 0 Å². The van der Waals surface area contributed by atoms with E-state index in [1.54, 1.807) is 25.0 Å². The third-order valence-corrected chi connectivity index (χ3v) is 15.3. The van der Waals surface area contributed by atoms with E-state index in [-0.39, 0.29) is 42.6 Å². The van der Waals surface area contributed by atoms with Crippen LogP contribution in [0.15, 0.2) is 54.1 Å². The number of amides is 1. The Bertz CT molecular complexity index is 1830. The van der Waals surface area contributed by atoms with Gasteiger partial charge in [0.05, 0.1) is 60.7 Å². The Morgan fingerprint density at radius 3 is 2.33 bits per heavy atom. The van der Waals surface area contributed by atoms with Crippen molar-refractivity contribution in [3.05, 3.63) is 54.6 Å². The molecule has 2 bridgehead atoms. The van der Waals surface area contributed by atoms with E-state index < -0.39 is 83.7 Å². The van der Waals surface area contributed by atoms with E-state index in [4.69, 9.17) is 42.9 Å². The van der Waals surface area contributed by atoms with Gasteiger partial charge in [-0.15, -0.1) is 0 Å². The van der Waals surface area contributed by atoms with Crippen molar-refractivity contribution in [2.45, 2.75) is 167 Å².